The van der Waals surface area contributed by atoms with Crippen molar-refractivity contribution in [1.82, 2.24) is 9.97 Å². The molecule has 13 heavy (non-hydrogen) atoms. The number of para-hydroxylation sites is 1. The molecule has 0 fully saturated rings. The van der Waals surface area contributed by atoms with Gasteiger partial charge in [-0.25, -0.2) is 4.98 Å². The second-order valence-electron chi connectivity index (χ2n) is 2.45. The number of rotatable bonds is 1. The smallest absolute Gasteiger partial charge is 0.390 e. The monoisotopic (exact) mass is 197 g/mol. The van der Waals surface area contributed by atoms with Gasteiger partial charge in [0.25, 0.3) is 0 Å². The Balaban J connectivity index is 2.75. The molecule has 0 unspecified atom stereocenters. The van der Waals surface area contributed by atoms with Gasteiger partial charge in [0.1, 0.15) is 5.52 Å². The number of aromatic amines is 1. The van der Waals surface area contributed by atoms with Gasteiger partial charge in [0.15, 0.2) is 5.52 Å². The third kappa shape index (κ3) is 1.23. The first-order valence-corrected chi connectivity index (χ1v) is 3.85. The van der Waals surface area contributed by atoms with Gasteiger partial charge in [-0.15, -0.1) is 0 Å². The van der Waals surface area contributed by atoms with Gasteiger partial charge in [-0.1, -0.05) is 22.7 Å². The van der Waals surface area contributed by atoms with Crippen molar-refractivity contribution in [2.45, 2.75) is 0 Å². The predicted octanol–water partition coefficient (Wildman–Crippen LogP) is 2.12. The van der Waals surface area contributed by atoms with Gasteiger partial charge < -0.3 is 10.1 Å². The number of benzene rings is 1. The minimum atomic E-state index is -0.587. The molecule has 5 nitrogen and oxygen atoms in total. The third-order valence-electron chi connectivity index (χ3n) is 1.62. The first-order chi connectivity index (χ1) is 6.18. The van der Waals surface area contributed by atoms with Crippen LogP contribution in [0.25, 0.3) is 11.0 Å². The van der Waals surface area contributed by atoms with Gasteiger partial charge in [0, 0.05) is 0 Å². The van der Waals surface area contributed by atoms with Gasteiger partial charge in [-0.3, -0.25) is 0 Å². The highest BCUT2D eigenvalue weighted by atomic mass is 35.5. The van der Waals surface area contributed by atoms with Crippen LogP contribution in [-0.4, -0.2) is 14.9 Å². The van der Waals surface area contributed by atoms with Crippen LogP contribution < -0.4 is 0 Å². The van der Waals surface area contributed by atoms with Gasteiger partial charge in [-0.05, 0) is 17.1 Å². The van der Waals surface area contributed by atoms with Crippen LogP contribution in [0.4, 0.5) is 5.95 Å². The number of H-pyrrole nitrogens is 1. The van der Waals surface area contributed by atoms with E-state index in [1.165, 1.54) is 0 Å². The summed E-state index contributed by atoms with van der Waals surface area (Å²) in [5, 5.41) is 10.8. The number of nitrogens with zero attached hydrogens (tertiary/aromatic N) is 2. The van der Waals surface area contributed by atoms with Crippen LogP contribution >= 0.6 is 11.6 Å². The molecule has 6 heteroatoms. The molecule has 2 rings (SSSR count). The Kier molecular flexibility index (Phi) is 1.66. The number of fused-ring (bicyclic) bond motifs is 1. The molecule has 0 aliphatic heterocycles. The molecule has 1 aromatic carbocycles. The van der Waals surface area contributed by atoms with E-state index in [4.69, 9.17) is 11.6 Å². The second kappa shape index (κ2) is 2.70. The van der Waals surface area contributed by atoms with Crippen LogP contribution in [0, 0.1) is 10.1 Å². The molecule has 0 spiro atoms. The van der Waals surface area contributed by atoms with Crippen molar-refractivity contribution in [3.63, 3.8) is 0 Å². The molecule has 0 amide bonds. The van der Waals surface area contributed by atoms with Crippen LogP contribution in [0.1, 0.15) is 0 Å². The second-order valence-corrected chi connectivity index (χ2v) is 2.86. The molecule has 1 N–H and O–H groups in total. The van der Waals surface area contributed by atoms with Crippen molar-refractivity contribution in [2.24, 2.45) is 0 Å². The highest BCUT2D eigenvalue weighted by Crippen LogP contribution is 2.22. The first-order valence-electron chi connectivity index (χ1n) is 3.47. The first kappa shape index (κ1) is 8.00. The molecule has 2 aromatic rings. The van der Waals surface area contributed by atoms with Gasteiger partial charge in [-0.2, -0.15) is 0 Å². The van der Waals surface area contributed by atoms with Gasteiger partial charge in [0.2, 0.25) is 0 Å². The minimum absolute atomic E-state index is 0.289. The molecule has 0 saturated heterocycles. The average molecular weight is 198 g/mol. The summed E-state index contributed by atoms with van der Waals surface area (Å²) in [5.74, 6) is -0.289. The van der Waals surface area contributed by atoms with Crippen molar-refractivity contribution in [2.75, 3.05) is 0 Å². The molecular formula is C7H4ClN3O2. The molecule has 0 atom stereocenters. The molecule has 66 valence electrons. The summed E-state index contributed by atoms with van der Waals surface area (Å²) >= 11 is 5.77. The van der Waals surface area contributed by atoms with Crippen molar-refractivity contribution in [3.8, 4) is 0 Å². The Bertz CT molecular complexity index is 480. The summed E-state index contributed by atoms with van der Waals surface area (Å²) < 4.78 is 0. The molecule has 0 radical (unpaired) electrons. The number of nitrogens with one attached hydrogen (secondary N) is 1. The lowest BCUT2D eigenvalue weighted by Gasteiger charge is -1.84. The molecule has 0 saturated carbocycles. The van der Waals surface area contributed by atoms with E-state index in [2.05, 4.69) is 9.97 Å². The van der Waals surface area contributed by atoms with Crippen LogP contribution in [0.15, 0.2) is 18.2 Å². The van der Waals surface area contributed by atoms with E-state index in [1.54, 1.807) is 18.2 Å². The van der Waals surface area contributed by atoms with Gasteiger partial charge in [0.05, 0.1) is 5.02 Å². The van der Waals surface area contributed by atoms with Gasteiger partial charge >= 0.3 is 5.95 Å². The van der Waals surface area contributed by atoms with Crippen molar-refractivity contribution in [3.05, 3.63) is 33.3 Å². The summed E-state index contributed by atoms with van der Waals surface area (Å²) in [7, 11) is 0. The van der Waals surface area contributed by atoms with Crippen molar-refractivity contribution < 1.29 is 4.92 Å². The Morgan fingerprint density at radius 3 is 2.92 bits per heavy atom. The molecule has 1 aromatic heterocycles. The summed E-state index contributed by atoms with van der Waals surface area (Å²) in [6.07, 6.45) is 0. The van der Waals surface area contributed by atoms with E-state index < -0.39 is 4.92 Å². The highest BCUT2D eigenvalue weighted by molar-refractivity contribution is 6.34. The zero-order valence-electron chi connectivity index (χ0n) is 6.32. The van der Waals surface area contributed by atoms with Crippen LogP contribution in [-0.2, 0) is 0 Å². The lowest BCUT2D eigenvalue weighted by atomic mass is 10.3. The Labute approximate surface area is 77.5 Å². The maximum atomic E-state index is 10.4. The molecule has 0 aliphatic carbocycles. The topological polar surface area (TPSA) is 71.8 Å². The fourth-order valence-corrected chi connectivity index (χ4v) is 1.29. The number of aromatic nitrogens is 2. The molecule has 1 heterocycles. The average Bonchev–Trinajstić information content (AvgIpc) is 2.49. The van der Waals surface area contributed by atoms with Crippen LogP contribution in [0.3, 0.4) is 0 Å². The number of hydrogen-bond donors (Lipinski definition) is 1. The summed E-state index contributed by atoms with van der Waals surface area (Å²) in [6, 6.07) is 5.02. The lowest BCUT2D eigenvalue weighted by Crippen LogP contribution is -1.88. The van der Waals surface area contributed by atoms with E-state index in [1.807, 2.05) is 0 Å². The zero-order chi connectivity index (χ0) is 9.42. The SMILES string of the molecule is O=[N+]([O-])c1nc2c(Cl)cccc2[nH]1. The van der Waals surface area contributed by atoms with Crippen LogP contribution in [0.2, 0.25) is 5.02 Å². The minimum Gasteiger partial charge on any atom is -0.390 e. The number of hydrogen-bond acceptors (Lipinski definition) is 3. The molecular weight excluding hydrogens is 194 g/mol. The molecule has 0 aliphatic rings. The Morgan fingerprint density at radius 1 is 1.54 bits per heavy atom. The van der Waals surface area contributed by atoms with E-state index in [0.29, 0.717) is 16.1 Å². The van der Waals surface area contributed by atoms with E-state index >= 15 is 0 Å². The number of nitro groups is 1. The summed E-state index contributed by atoms with van der Waals surface area (Å²) in [6.45, 7) is 0. The maximum absolute atomic E-state index is 10.4. The Morgan fingerprint density at radius 2 is 2.31 bits per heavy atom. The largest absolute Gasteiger partial charge is 0.433 e. The fourth-order valence-electron chi connectivity index (χ4n) is 1.07. The summed E-state index contributed by atoms with van der Waals surface area (Å²) in [4.78, 5) is 16.0. The van der Waals surface area contributed by atoms with E-state index in [-0.39, 0.29) is 5.95 Å². The lowest BCUT2D eigenvalue weighted by molar-refractivity contribution is -0.393. The number of halogens is 1. The summed E-state index contributed by atoms with van der Waals surface area (Å²) in [5.41, 5.74) is 0.995. The highest BCUT2D eigenvalue weighted by Gasteiger charge is 2.14. The number of imidazole rings is 1. The standard InChI is InChI=1S/C7H4ClN3O2/c8-4-2-1-3-5-6(4)10-7(9-5)11(12)13/h1-3H,(H,9,10). The zero-order valence-corrected chi connectivity index (χ0v) is 7.08. The maximum Gasteiger partial charge on any atom is 0.433 e. The quantitative estimate of drug-likeness (QED) is 0.562. The Hall–Kier alpha value is -1.62. The predicted molar refractivity (Wildman–Crippen MR) is 47.8 cm³/mol. The fraction of sp³-hybridized carbons (Fsp3) is 0. The van der Waals surface area contributed by atoms with Crippen molar-refractivity contribution >= 4 is 28.6 Å². The molecule has 0 bridgehead atoms. The van der Waals surface area contributed by atoms with E-state index in [0.717, 1.165) is 0 Å². The van der Waals surface area contributed by atoms with E-state index in [9.17, 15) is 10.1 Å². The third-order valence-corrected chi connectivity index (χ3v) is 1.93. The van der Waals surface area contributed by atoms with Crippen molar-refractivity contribution in [1.29, 1.82) is 0 Å². The van der Waals surface area contributed by atoms with Crippen LogP contribution in [0.5, 0.6) is 0 Å². The normalized spacial score (nSPS) is 10.5.